The highest BCUT2D eigenvalue weighted by Crippen LogP contribution is 2.30. The number of benzene rings is 2. The van der Waals surface area contributed by atoms with Crippen LogP contribution < -0.4 is 10.5 Å². The predicted molar refractivity (Wildman–Crippen MR) is 121 cm³/mol. The first-order valence-electron chi connectivity index (χ1n) is 11.3. The van der Waals surface area contributed by atoms with Crippen molar-refractivity contribution in [3.05, 3.63) is 64.7 Å². The van der Waals surface area contributed by atoms with E-state index in [4.69, 9.17) is 15.6 Å². The van der Waals surface area contributed by atoms with Crippen molar-refractivity contribution in [2.75, 3.05) is 19.8 Å². The van der Waals surface area contributed by atoms with Crippen LogP contribution in [0.2, 0.25) is 0 Å². The molecule has 3 rings (SSSR count). The van der Waals surface area contributed by atoms with Crippen molar-refractivity contribution in [1.82, 2.24) is 0 Å². The van der Waals surface area contributed by atoms with Gasteiger partial charge in [-0.05, 0) is 90.8 Å². The third-order valence-electron chi connectivity index (χ3n) is 6.31. The normalized spacial score (nSPS) is 17.2. The van der Waals surface area contributed by atoms with Crippen molar-refractivity contribution in [1.29, 1.82) is 0 Å². The van der Waals surface area contributed by atoms with E-state index in [9.17, 15) is 0 Å². The summed E-state index contributed by atoms with van der Waals surface area (Å²) in [6.45, 7) is 6.16. The molecule has 2 aromatic carbocycles. The van der Waals surface area contributed by atoms with Crippen LogP contribution in [0.15, 0.2) is 42.5 Å². The molecule has 0 amide bonds. The molecule has 0 aliphatic heterocycles. The summed E-state index contributed by atoms with van der Waals surface area (Å²) < 4.78 is 6.09. The zero-order valence-electron chi connectivity index (χ0n) is 18.1. The molecule has 3 N–H and O–H groups in total. The Morgan fingerprint density at radius 2 is 1.79 bits per heavy atom. The maximum atomic E-state index is 9.01. The van der Waals surface area contributed by atoms with Gasteiger partial charge in [0, 0.05) is 6.61 Å². The first-order chi connectivity index (χ1) is 14.1. The second kappa shape index (κ2) is 10.8. The third-order valence-corrected chi connectivity index (χ3v) is 6.31. The molecule has 0 bridgehead atoms. The van der Waals surface area contributed by atoms with Gasteiger partial charge in [0.2, 0.25) is 0 Å². The molecule has 0 saturated carbocycles. The van der Waals surface area contributed by atoms with Gasteiger partial charge in [0.1, 0.15) is 5.75 Å². The van der Waals surface area contributed by atoms with Crippen LogP contribution in [0.1, 0.15) is 73.6 Å². The standard InChI is InChI=1S/C26H37NO2/c1-19(2)21-10-12-26(13-11-21)29-18-20-6-7-23-16-24(9-8-22(23)15-20)25(17-27)5-3-4-14-28/h8-13,16,19-20,25,28H,3-7,14-15,17-18,27H2,1-2H3/t20-,25+/m1/s1. The topological polar surface area (TPSA) is 55.5 Å². The minimum Gasteiger partial charge on any atom is -0.493 e. The van der Waals surface area contributed by atoms with E-state index in [0.29, 0.717) is 24.3 Å². The number of rotatable bonds is 10. The van der Waals surface area contributed by atoms with Gasteiger partial charge >= 0.3 is 0 Å². The summed E-state index contributed by atoms with van der Waals surface area (Å²) in [5.74, 6) is 2.51. The molecule has 2 atom stereocenters. The van der Waals surface area contributed by atoms with E-state index in [2.05, 4.69) is 56.3 Å². The molecule has 0 saturated heterocycles. The summed E-state index contributed by atoms with van der Waals surface area (Å²) in [4.78, 5) is 0. The molecule has 0 unspecified atom stereocenters. The molecule has 0 fully saturated rings. The second-order valence-electron chi connectivity index (χ2n) is 8.82. The third kappa shape index (κ3) is 6.07. The van der Waals surface area contributed by atoms with Gasteiger partial charge in [-0.1, -0.05) is 50.6 Å². The van der Waals surface area contributed by atoms with E-state index in [1.165, 1.54) is 28.7 Å². The van der Waals surface area contributed by atoms with Gasteiger partial charge in [0.25, 0.3) is 0 Å². The number of fused-ring (bicyclic) bond motifs is 1. The van der Waals surface area contributed by atoms with E-state index in [-0.39, 0.29) is 6.61 Å². The summed E-state index contributed by atoms with van der Waals surface area (Å²) >= 11 is 0. The first kappa shape index (κ1) is 21.9. The van der Waals surface area contributed by atoms with E-state index in [0.717, 1.165) is 44.5 Å². The van der Waals surface area contributed by atoms with Crippen molar-refractivity contribution in [3.63, 3.8) is 0 Å². The summed E-state index contributed by atoms with van der Waals surface area (Å²) in [6, 6.07) is 15.5. The molecule has 1 aliphatic carbocycles. The van der Waals surface area contributed by atoms with E-state index >= 15 is 0 Å². The van der Waals surface area contributed by atoms with Gasteiger partial charge < -0.3 is 15.6 Å². The molecule has 1 aliphatic rings. The lowest BCUT2D eigenvalue weighted by molar-refractivity contribution is 0.234. The molecule has 29 heavy (non-hydrogen) atoms. The van der Waals surface area contributed by atoms with Crippen molar-refractivity contribution in [2.45, 2.75) is 64.2 Å². The summed E-state index contributed by atoms with van der Waals surface area (Å²) in [5, 5.41) is 9.01. The summed E-state index contributed by atoms with van der Waals surface area (Å²) in [7, 11) is 0. The number of aryl methyl sites for hydroxylation is 1. The molecule has 2 aromatic rings. The summed E-state index contributed by atoms with van der Waals surface area (Å²) in [6.07, 6.45) is 6.35. The van der Waals surface area contributed by atoms with Crippen LogP contribution in [0, 0.1) is 5.92 Å². The molecule has 0 spiro atoms. The molecule has 158 valence electrons. The Kier molecular flexibility index (Phi) is 8.14. The van der Waals surface area contributed by atoms with Gasteiger partial charge in [-0.3, -0.25) is 0 Å². The zero-order chi connectivity index (χ0) is 20.6. The molecular weight excluding hydrogens is 358 g/mol. The smallest absolute Gasteiger partial charge is 0.119 e. The Morgan fingerprint density at radius 3 is 2.48 bits per heavy atom. The lowest BCUT2D eigenvalue weighted by atomic mass is 9.81. The lowest BCUT2D eigenvalue weighted by Crippen LogP contribution is -2.21. The maximum absolute atomic E-state index is 9.01. The van der Waals surface area contributed by atoms with E-state index in [1.54, 1.807) is 0 Å². The van der Waals surface area contributed by atoms with E-state index < -0.39 is 0 Å². The monoisotopic (exact) mass is 395 g/mol. The van der Waals surface area contributed by atoms with Crippen LogP contribution in [-0.2, 0) is 12.8 Å². The summed E-state index contributed by atoms with van der Waals surface area (Å²) in [5.41, 5.74) is 11.7. The minimum absolute atomic E-state index is 0.271. The average Bonchev–Trinajstić information content (AvgIpc) is 2.75. The number of ether oxygens (including phenoxy) is 1. The van der Waals surface area contributed by atoms with Gasteiger partial charge in [-0.15, -0.1) is 0 Å². The SMILES string of the molecule is CC(C)c1ccc(OC[C@@H]2CCc3cc([C@H](CN)CCCCO)ccc3C2)cc1. The molecular formula is C26H37NO2. The van der Waals surface area contributed by atoms with Gasteiger partial charge in [0.15, 0.2) is 0 Å². The largest absolute Gasteiger partial charge is 0.493 e. The fourth-order valence-corrected chi connectivity index (χ4v) is 4.33. The lowest BCUT2D eigenvalue weighted by Gasteiger charge is -2.26. The fraction of sp³-hybridized carbons (Fsp3) is 0.538. The van der Waals surface area contributed by atoms with Crippen molar-refractivity contribution in [2.24, 2.45) is 11.7 Å². The molecule has 0 heterocycles. The number of hydrogen-bond donors (Lipinski definition) is 2. The Morgan fingerprint density at radius 1 is 1.03 bits per heavy atom. The van der Waals surface area contributed by atoms with Crippen LogP contribution in [-0.4, -0.2) is 24.9 Å². The predicted octanol–water partition coefficient (Wildman–Crippen LogP) is 5.20. The van der Waals surface area contributed by atoms with Crippen LogP contribution in [0.25, 0.3) is 0 Å². The van der Waals surface area contributed by atoms with Crippen molar-refractivity contribution < 1.29 is 9.84 Å². The zero-order valence-corrected chi connectivity index (χ0v) is 18.1. The Bertz CT molecular complexity index is 754. The Labute approximate surface area is 176 Å². The van der Waals surface area contributed by atoms with Crippen molar-refractivity contribution in [3.8, 4) is 5.75 Å². The molecule has 0 radical (unpaired) electrons. The maximum Gasteiger partial charge on any atom is 0.119 e. The number of unbranched alkanes of at least 4 members (excludes halogenated alkanes) is 1. The minimum atomic E-state index is 0.271. The van der Waals surface area contributed by atoms with Crippen molar-refractivity contribution >= 4 is 0 Å². The number of aliphatic hydroxyl groups excluding tert-OH is 1. The highest BCUT2D eigenvalue weighted by Gasteiger charge is 2.21. The van der Waals surface area contributed by atoms with Crippen LogP contribution in [0.4, 0.5) is 0 Å². The number of hydrogen-bond acceptors (Lipinski definition) is 3. The Balaban J connectivity index is 1.55. The van der Waals surface area contributed by atoms with Gasteiger partial charge in [-0.2, -0.15) is 0 Å². The fourth-order valence-electron chi connectivity index (χ4n) is 4.33. The van der Waals surface area contributed by atoms with Gasteiger partial charge in [-0.25, -0.2) is 0 Å². The highest BCUT2D eigenvalue weighted by molar-refractivity contribution is 5.36. The number of aliphatic hydroxyl groups is 1. The Hall–Kier alpha value is -1.84. The first-order valence-corrected chi connectivity index (χ1v) is 11.3. The molecule has 3 heteroatoms. The van der Waals surface area contributed by atoms with Gasteiger partial charge in [0.05, 0.1) is 6.61 Å². The number of nitrogens with two attached hydrogens (primary N) is 1. The second-order valence-corrected chi connectivity index (χ2v) is 8.82. The van der Waals surface area contributed by atoms with Crippen LogP contribution in [0.5, 0.6) is 5.75 Å². The highest BCUT2D eigenvalue weighted by atomic mass is 16.5. The van der Waals surface area contributed by atoms with Crippen LogP contribution >= 0.6 is 0 Å². The van der Waals surface area contributed by atoms with E-state index in [1.807, 2.05) is 0 Å². The molecule has 3 nitrogen and oxygen atoms in total. The van der Waals surface area contributed by atoms with Crippen LogP contribution in [0.3, 0.4) is 0 Å². The molecule has 0 aromatic heterocycles. The quantitative estimate of drug-likeness (QED) is 0.544. The average molecular weight is 396 g/mol.